The monoisotopic (exact) mass is 499 g/mol. The predicted molar refractivity (Wildman–Crippen MR) is 133 cm³/mol. The molecule has 0 saturated carbocycles. The molecule has 0 atom stereocenters. The van der Waals surface area contributed by atoms with Crippen molar-refractivity contribution in [2.45, 2.75) is 24.7 Å². The zero-order chi connectivity index (χ0) is 25.2. The number of nitrogens with one attached hydrogen (secondary N) is 2. The molecule has 1 aliphatic heterocycles. The van der Waals surface area contributed by atoms with E-state index in [2.05, 4.69) is 10.6 Å². The van der Waals surface area contributed by atoms with Gasteiger partial charge in [-0.1, -0.05) is 18.2 Å². The fourth-order valence-corrected chi connectivity index (χ4v) is 4.45. The molecule has 0 spiro atoms. The van der Waals surface area contributed by atoms with Crippen molar-refractivity contribution in [2.75, 3.05) is 44.4 Å². The average molecular weight is 500 g/mol. The first-order chi connectivity index (χ1) is 16.9. The molecule has 0 aliphatic carbocycles. The third-order valence-corrected chi connectivity index (χ3v) is 6.38. The lowest BCUT2D eigenvalue weighted by atomic mass is 10.2. The first-order valence-corrected chi connectivity index (χ1v) is 12.2. The number of methoxy groups -OCH3 is 1. The van der Waals surface area contributed by atoms with Crippen LogP contribution in [0.3, 0.4) is 0 Å². The fraction of sp³-hybridized carbons (Fsp3) is 0.360. The van der Waals surface area contributed by atoms with Crippen LogP contribution in [-0.4, -0.2) is 67.7 Å². The molecule has 1 aliphatic rings. The van der Waals surface area contributed by atoms with Crippen LogP contribution in [0, 0.1) is 6.92 Å². The summed E-state index contributed by atoms with van der Waals surface area (Å²) in [5, 5.41) is 5.10. The summed E-state index contributed by atoms with van der Waals surface area (Å²) in [6.07, 6.45) is 2.03. The number of hydrogen-bond donors (Lipinski definition) is 2. The number of aryl methyl sites for hydroxylation is 1. The van der Waals surface area contributed by atoms with E-state index in [9.17, 15) is 19.2 Å². The molecule has 2 aromatic carbocycles. The summed E-state index contributed by atoms with van der Waals surface area (Å²) in [4.78, 5) is 51.6. The number of carbonyl (C=O) groups is 4. The number of anilines is 1. The highest BCUT2D eigenvalue weighted by molar-refractivity contribution is 8.00. The van der Waals surface area contributed by atoms with Gasteiger partial charge < -0.3 is 25.0 Å². The van der Waals surface area contributed by atoms with Crippen molar-refractivity contribution in [1.82, 2.24) is 10.2 Å². The van der Waals surface area contributed by atoms with E-state index in [1.807, 2.05) is 17.9 Å². The maximum Gasteiger partial charge on any atom is 0.339 e. The van der Waals surface area contributed by atoms with E-state index in [-0.39, 0.29) is 23.8 Å². The predicted octanol–water partition coefficient (Wildman–Crippen LogP) is 2.63. The summed E-state index contributed by atoms with van der Waals surface area (Å²) in [6.45, 7) is 2.60. The van der Waals surface area contributed by atoms with Crippen LogP contribution in [0.2, 0.25) is 0 Å². The van der Waals surface area contributed by atoms with Gasteiger partial charge in [-0.25, -0.2) is 4.79 Å². The van der Waals surface area contributed by atoms with E-state index in [1.54, 1.807) is 36.4 Å². The van der Waals surface area contributed by atoms with Gasteiger partial charge >= 0.3 is 5.97 Å². The quantitative estimate of drug-likeness (QED) is 0.382. The van der Waals surface area contributed by atoms with Gasteiger partial charge in [0, 0.05) is 18.0 Å². The summed E-state index contributed by atoms with van der Waals surface area (Å²) in [5.41, 5.74) is 1.72. The first kappa shape index (κ1) is 26.1. The number of thioether (sulfide) groups is 1. The SMILES string of the molecule is COc1ccc(C)cc1NC(=O)CNC(=O)COC(=O)c1ccccc1SCC(=O)N1CCCC1. The zero-order valence-corrected chi connectivity index (χ0v) is 20.6. The van der Waals surface area contributed by atoms with Crippen LogP contribution in [-0.2, 0) is 19.1 Å². The molecule has 186 valence electrons. The number of esters is 1. The van der Waals surface area contributed by atoms with Crippen LogP contribution in [0.1, 0.15) is 28.8 Å². The van der Waals surface area contributed by atoms with E-state index in [1.165, 1.54) is 18.9 Å². The lowest BCUT2D eigenvalue weighted by molar-refractivity contribution is -0.127. The Bertz CT molecular complexity index is 1080. The van der Waals surface area contributed by atoms with Gasteiger partial charge in [-0.2, -0.15) is 0 Å². The molecule has 0 bridgehead atoms. The number of likely N-dealkylation sites (tertiary alicyclic amines) is 1. The lowest BCUT2D eigenvalue weighted by Crippen LogP contribution is -2.35. The summed E-state index contributed by atoms with van der Waals surface area (Å²) < 4.78 is 10.3. The Labute approximate surface area is 208 Å². The Balaban J connectivity index is 1.45. The average Bonchev–Trinajstić information content (AvgIpc) is 3.40. The second-order valence-electron chi connectivity index (χ2n) is 7.98. The number of amides is 3. The van der Waals surface area contributed by atoms with Crippen molar-refractivity contribution < 1.29 is 28.7 Å². The number of ether oxygens (including phenoxy) is 2. The van der Waals surface area contributed by atoms with Crippen LogP contribution in [0.25, 0.3) is 0 Å². The van der Waals surface area contributed by atoms with Crippen molar-refractivity contribution in [1.29, 1.82) is 0 Å². The van der Waals surface area contributed by atoms with Crippen LogP contribution in [0.15, 0.2) is 47.4 Å². The van der Waals surface area contributed by atoms with E-state index in [0.29, 0.717) is 16.3 Å². The third-order valence-electron chi connectivity index (χ3n) is 5.33. The van der Waals surface area contributed by atoms with E-state index >= 15 is 0 Å². The number of carbonyl (C=O) groups excluding carboxylic acids is 4. The molecule has 3 rings (SSSR count). The van der Waals surface area contributed by atoms with E-state index < -0.39 is 24.4 Å². The van der Waals surface area contributed by atoms with Gasteiger partial charge in [-0.15, -0.1) is 11.8 Å². The Morgan fingerprint density at radius 1 is 1.03 bits per heavy atom. The van der Waals surface area contributed by atoms with E-state index in [4.69, 9.17) is 9.47 Å². The molecule has 10 heteroatoms. The van der Waals surface area contributed by atoms with Crippen LogP contribution < -0.4 is 15.4 Å². The number of benzene rings is 2. The number of rotatable bonds is 10. The van der Waals surface area contributed by atoms with Crippen molar-refractivity contribution in [3.05, 3.63) is 53.6 Å². The Kier molecular flexibility index (Phi) is 9.54. The van der Waals surface area contributed by atoms with Crippen LogP contribution >= 0.6 is 11.8 Å². The molecule has 35 heavy (non-hydrogen) atoms. The van der Waals surface area contributed by atoms with Gasteiger partial charge in [0.25, 0.3) is 5.91 Å². The number of nitrogens with zero attached hydrogens (tertiary/aromatic N) is 1. The highest BCUT2D eigenvalue weighted by Crippen LogP contribution is 2.25. The maximum atomic E-state index is 12.5. The minimum Gasteiger partial charge on any atom is -0.495 e. The van der Waals surface area contributed by atoms with Gasteiger partial charge in [0.1, 0.15) is 5.75 Å². The molecule has 1 saturated heterocycles. The molecule has 0 aromatic heterocycles. The Morgan fingerprint density at radius 3 is 2.51 bits per heavy atom. The first-order valence-electron chi connectivity index (χ1n) is 11.3. The summed E-state index contributed by atoms with van der Waals surface area (Å²) in [7, 11) is 1.50. The molecule has 0 radical (unpaired) electrons. The lowest BCUT2D eigenvalue weighted by Gasteiger charge is -2.15. The normalized spacial score (nSPS) is 12.7. The topological polar surface area (TPSA) is 114 Å². The molecule has 2 N–H and O–H groups in total. The summed E-state index contributed by atoms with van der Waals surface area (Å²) in [5.74, 6) is -0.964. The standard InChI is InChI=1S/C25H29N3O6S/c1-17-9-10-20(33-2)19(13-17)27-22(29)14-26-23(30)15-34-25(32)18-7-3-4-8-21(18)35-16-24(31)28-11-5-6-12-28/h3-4,7-10,13H,5-6,11-12,14-16H2,1-2H3,(H,26,30)(H,27,29). The molecule has 2 aromatic rings. The van der Waals surface area contributed by atoms with Crippen molar-refractivity contribution in [3.63, 3.8) is 0 Å². The second kappa shape index (κ2) is 12.8. The molecule has 9 nitrogen and oxygen atoms in total. The van der Waals surface area contributed by atoms with Gasteiger partial charge in [-0.3, -0.25) is 14.4 Å². The van der Waals surface area contributed by atoms with E-state index in [0.717, 1.165) is 31.5 Å². The van der Waals surface area contributed by atoms with Crippen molar-refractivity contribution in [2.24, 2.45) is 0 Å². The zero-order valence-electron chi connectivity index (χ0n) is 19.8. The third kappa shape index (κ3) is 7.74. The smallest absolute Gasteiger partial charge is 0.339 e. The Morgan fingerprint density at radius 2 is 1.77 bits per heavy atom. The largest absolute Gasteiger partial charge is 0.495 e. The molecule has 3 amide bonds. The molecular formula is C25H29N3O6S. The van der Waals surface area contributed by atoms with Crippen molar-refractivity contribution >= 4 is 41.1 Å². The molecule has 1 heterocycles. The number of hydrogen-bond acceptors (Lipinski definition) is 7. The molecule has 1 fully saturated rings. The fourth-order valence-electron chi connectivity index (χ4n) is 3.51. The highest BCUT2D eigenvalue weighted by atomic mass is 32.2. The van der Waals surface area contributed by atoms with Gasteiger partial charge in [0.15, 0.2) is 6.61 Å². The summed E-state index contributed by atoms with van der Waals surface area (Å²) >= 11 is 1.27. The Hall–Kier alpha value is -3.53. The second-order valence-corrected chi connectivity index (χ2v) is 8.99. The van der Waals surface area contributed by atoms with Crippen LogP contribution in [0.5, 0.6) is 5.75 Å². The minimum absolute atomic E-state index is 0.0385. The van der Waals surface area contributed by atoms with Crippen molar-refractivity contribution in [3.8, 4) is 5.75 Å². The summed E-state index contributed by atoms with van der Waals surface area (Å²) in [6, 6.07) is 12.1. The van der Waals surface area contributed by atoms with Gasteiger partial charge in [0.05, 0.1) is 30.7 Å². The van der Waals surface area contributed by atoms with Crippen LogP contribution in [0.4, 0.5) is 5.69 Å². The highest BCUT2D eigenvalue weighted by Gasteiger charge is 2.20. The maximum absolute atomic E-state index is 12.5. The minimum atomic E-state index is -0.675. The van der Waals surface area contributed by atoms with Gasteiger partial charge in [-0.05, 0) is 49.6 Å². The molecule has 0 unspecified atom stereocenters. The van der Waals surface area contributed by atoms with Gasteiger partial charge in [0.2, 0.25) is 11.8 Å². The molecular weight excluding hydrogens is 470 g/mol.